The van der Waals surface area contributed by atoms with E-state index in [0.29, 0.717) is 13.0 Å². The molecule has 0 bridgehead atoms. The van der Waals surface area contributed by atoms with Crippen molar-refractivity contribution in [1.29, 1.82) is 0 Å². The number of aryl methyl sites for hydroxylation is 1. The molecule has 0 unspecified atom stereocenters. The number of anilines is 1. The standard InChI is InChI=1S/C16H25NO3/c1-5-17(11-7-8-16(18)20-6-2)15-12-14(19-4)10-9-13(15)3/h9-10,12H,5-8,11H2,1-4H3. The zero-order valence-electron chi connectivity index (χ0n) is 12.9. The molecular weight excluding hydrogens is 254 g/mol. The second-order valence-corrected chi connectivity index (χ2v) is 4.64. The van der Waals surface area contributed by atoms with Gasteiger partial charge >= 0.3 is 5.97 Å². The Morgan fingerprint density at radius 3 is 2.65 bits per heavy atom. The molecule has 0 atom stereocenters. The Kier molecular flexibility index (Phi) is 6.91. The summed E-state index contributed by atoms with van der Waals surface area (Å²) < 4.78 is 10.2. The van der Waals surface area contributed by atoms with Crippen LogP contribution in [0.1, 0.15) is 32.3 Å². The average molecular weight is 279 g/mol. The molecule has 0 saturated heterocycles. The number of methoxy groups -OCH3 is 1. The molecule has 20 heavy (non-hydrogen) atoms. The van der Waals surface area contributed by atoms with Gasteiger partial charge in [0.25, 0.3) is 0 Å². The fraction of sp³-hybridized carbons (Fsp3) is 0.562. The van der Waals surface area contributed by atoms with E-state index in [4.69, 9.17) is 9.47 Å². The lowest BCUT2D eigenvalue weighted by atomic mass is 10.1. The minimum atomic E-state index is -0.120. The maximum Gasteiger partial charge on any atom is 0.305 e. The lowest BCUT2D eigenvalue weighted by Crippen LogP contribution is -2.25. The molecule has 0 radical (unpaired) electrons. The Morgan fingerprint density at radius 2 is 2.05 bits per heavy atom. The second-order valence-electron chi connectivity index (χ2n) is 4.64. The van der Waals surface area contributed by atoms with Crippen molar-refractivity contribution in [2.45, 2.75) is 33.6 Å². The smallest absolute Gasteiger partial charge is 0.305 e. The van der Waals surface area contributed by atoms with E-state index in [1.807, 2.05) is 19.1 Å². The van der Waals surface area contributed by atoms with E-state index >= 15 is 0 Å². The molecule has 1 rings (SSSR count). The van der Waals surface area contributed by atoms with E-state index in [0.717, 1.165) is 30.9 Å². The van der Waals surface area contributed by atoms with Crippen LogP contribution in [-0.2, 0) is 9.53 Å². The van der Waals surface area contributed by atoms with Gasteiger partial charge in [0.15, 0.2) is 0 Å². The highest BCUT2D eigenvalue weighted by atomic mass is 16.5. The fourth-order valence-corrected chi connectivity index (χ4v) is 2.15. The largest absolute Gasteiger partial charge is 0.497 e. The van der Waals surface area contributed by atoms with E-state index in [2.05, 4.69) is 24.8 Å². The lowest BCUT2D eigenvalue weighted by Gasteiger charge is -2.25. The lowest BCUT2D eigenvalue weighted by molar-refractivity contribution is -0.143. The van der Waals surface area contributed by atoms with Crippen molar-refractivity contribution < 1.29 is 14.3 Å². The van der Waals surface area contributed by atoms with Crippen LogP contribution in [-0.4, -0.2) is 32.8 Å². The number of hydrogen-bond donors (Lipinski definition) is 0. The molecule has 0 aliphatic rings. The zero-order chi connectivity index (χ0) is 15.0. The molecule has 1 aromatic rings. The van der Waals surface area contributed by atoms with E-state index in [-0.39, 0.29) is 5.97 Å². The number of ether oxygens (including phenoxy) is 2. The quantitative estimate of drug-likeness (QED) is 0.685. The van der Waals surface area contributed by atoms with Gasteiger partial charge in [-0.15, -0.1) is 0 Å². The average Bonchev–Trinajstić information content (AvgIpc) is 2.45. The van der Waals surface area contributed by atoms with Crippen molar-refractivity contribution in [2.75, 3.05) is 31.7 Å². The monoisotopic (exact) mass is 279 g/mol. The number of carbonyl (C=O) groups excluding carboxylic acids is 1. The Labute approximate surface area is 121 Å². The van der Waals surface area contributed by atoms with Gasteiger partial charge in [0.1, 0.15) is 5.75 Å². The van der Waals surface area contributed by atoms with Gasteiger partial charge in [-0.2, -0.15) is 0 Å². The predicted molar refractivity (Wildman–Crippen MR) is 81.5 cm³/mol. The molecule has 0 aromatic heterocycles. The van der Waals surface area contributed by atoms with Crippen LogP contribution in [0.4, 0.5) is 5.69 Å². The van der Waals surface area contributed by atoms with Crippen molar-refractivity contribution in [2.24, 2.45) is 0 Å². The molecule has 4 nitrogen and oxygen atoms in total. The van der Waals surface area contributed by atoms with E-state index in [9.17, 15) is 4.79 Å². The van der Waals surface area contributed by atoms with Crippen molar-refractivity contribution in [1.82, 2.24) is 0 Å². The number of benzene rings is 1. The highest BCUT2D eigenvalue weighted by Gasteiger charge is 2.10. The highest BCUT2D eigenvalue weighted by Crippen LogP contribution is 2.25. The van der Waals surface area contributed by atoms with Crippen molar-refractivity contribution in [3.05, 3.63) is 23.8 Å². The predicted octanol–water partition coefficient (Wildman–Crippen LogP) is 3.17. The Bertz CT molecular complexity index is 432. The summed E-state index contributed by atoms with van der Waals surface area (Å²) in [5.41, 5.74) is 2.37. The van der Waals surface area contributed by atoms with Gasteiger partial charge < -0.3 is 14.4 Å². The third-order valence-electron chi connectivity index (χ3n) is 3.25. The topological polar surface area (TPSA) is 38.8 Å². The van der Waals surface area contributed by atoms with Crippen LogP contribution in [0.5, 0.6) is 5.75 Å². The molecular formula is C16H25NO3. The first-order valence-electron chi connectivity index (χ1n) is 7.17. The van der Waals surface area contributed by atoms with Crippen molar-refractivity contribution in [3.63, 3.8) is 0 Å². The zero-order valence-corrected chi connectivity index (χ0v) is 12.9. The maximum absolute atomic E-state index is 11.4. The number of carbonyl (C=O) groups is 1. The van der Waals surface area contributed by atoms with Gasteiger partial charge in [0.05, 0.1) is 13.7 Å². The molecule has 0 spiro atoms. The number of hydrogen-bond acceptors (Lipinski definition) is 4. The van der Waals surface area contributed by atoms with Crippen LogP contribution in [0.3, 0.4) is 0 Å². The first-order chi connectivity index (χ1) is 9.62. The first-order valence-corrected chi connectivity index (χ1v) is 7.17. The fourth-order valence-electron chi connectivity index (χ4n) is 2.15. The summed E-state index contributed by atoms with van der Waals surface area (Å²) in [7, 11) is 1.67. The third-order valence-corrected chi connectivity index (χ3v) is 3.25. The SMILES string of the molecule is CCOC(=O)CCCN(CC)c1cc(OC)ccc1C. The molecule has 0 aliphatic heterocycles. The van der Waals surface area contributed by atoms with Crippen LogP contribution in [0.2, 0.25) is 0 Å². The van der Waals surface area contributed by atoms with Crippen LogP contribution in [0.15, 0.2) is 18.2 Å². The Balaban J connectivity index is 2.64. The molecule has 1 aromatic carbocycles. The summed E-state index contributed by atoms with van der Waals surface area (Å²) in [5, 5.41) is 0. The van der Waals surface area contributed by atoms with Crippen molar-refractivity contribution in [3.8, 4) is 5.75 Å². The number of nitrogens with zero attached hydrogens (tertiary/aromatic N) is 1. The van der Waals surface area contributed by atoms with Gasteiger partial charge in [0, 0.05) is 31.3 Å². The highest BCUT2D eigenvalue weighted by molar-refractivity contribution is 5.69. The van der Waals surface area contributed by atoms with Gasteiger partial charge in [0.2, 0.25) is 0 Å². The van der Waals surface area contributed by atoms with E-state index < -0.39 is 0 Å². The summed E-state index contributed by atoms with van der Waals surface area (Å²) in [6.07, 6.45) is 1.26. The molecule has 0 heterocycles. The van der Waals surface area contributed by atoms with Crippen molar-refractivity contribution >= 4 is 11.7 Å². The molecule has 0 N–H and O–H groups in total. The minimum Gasteiger partial charge on any atom is -0.497 e. The Hall–Kier alpha value is -1.71. The number of esters is 1. The minimum absolute atomic E-state index is 0.120. The molecule has 0 saturated carbocycles. The summed E-state index contributed by atoms with van der Waals surface area (Å²) in [6, 6.07) is 6.07. The summed E-state index contributed by atoms with van der Waals surface area (Å²) in [4.78, 5) is 13.6. The van der Waals surface area contributed by atoms with Crippen LogP contribution >= 0.6 is 0 Å². The van der Waals surface area contributed by atoms with Gasteiger partial charge in [-0.05, 0) is 38.8 Å². The van der Waals surface area contributed by atoms with Crippen LogP contribution in [0, 0.1) is 6.92 Å². The van der Waals surface area contributed by atoms with E-state index in [1.54, 1.807) is 7.11 Å². The van der Waals surface area contributed by atoms with Gasteiger partial charge in [-0.25, -0.2) is 0 Å². The Morgan fingerprint density at radius 1 is 1.30 bits per heavy atom. The molecule has 112 valence electrons. The first kappa shape index (κ1) is 16.3. The molecule has 0 fully saturated rings. The summed E-state index contributed by atoms with van der Waals surface area (Å²) >= 11 is 0. The molecule has 0 amide bonds. The summed E-state index contributed by atoms with van der Waals surface area (Å²) in [6.45, 7) is 8.22. The molecule has 4 heteroatoms. The van der Waals surface area contributed by atoms with Gasteiger partial charge in [-0.3, -0.25) is 4.79 Å². The van der Waals surface area contributed by atoms with E-state index in [1.165, 1.54) is 5.56 Å². The third kappa shape index (κ3) is 4.76. The molecule has 0 aliphatic carbocycles. The second kappa shape index (κ2) is 8.46. The van der Waals surface area contributed by atoms with Gasteiger partial charge in [-0.1, -0.05) is 6.07 Å². The number of rotatable bonds is 8. The summed E-state index contributed by atoms with van der Waals surface area (Å²) in [5.74, 6) is 0.736. The van der Waals surface area contributed by atoms with Crippen LogP contribution in [0.25, 0.3) is 0 Å². The maximum atomic E-state index is 11.4. The van der Waals surface area contributed by atoms with Crippen LogP contribution < -0.4 is 9.64 Å². The normalized spacial score (nSPS) is 10.2.